The number of hydrogen-bond acceptors (Lipinski definition) is 1. The molecular formula is C7H10F2O. The second-order valence-corrected chi connectivity index (χ2v) is 1.63. The molecule has 0 saturated heterocycles. The van der Waals surface area contributed by atoms with Gasteiger partial charge in [-0.15, -0.1) is 0 Å². The molecule has 0 aromatic heterocycles. The maximum absolute atomic E-state index is 11.7. The zero-order chi connectivity index (χ0) is 7.82. The Morgan fingerprint density at radius 1 is 1.40 bits per heavy atom. The van der Waals surface area contributed by atoms with Gasteiger partial charge in [0.05, 0.1) is 6.26 Å². The van der Waals surface area contributed by atoms with Crippen LogP contribution in [0.5, 0.6) is 0 Å². The maximum atomic E-state index is 11.7. The molecule has 1 nitrogen and oxygen atoms in total. The Bertz CT molecular complexity index is 108. The molecule has 0 spiro atoms. The molecule has 0 fully saturated rings. The van der Waals surface area contributed by atoms with E-state index >= 15 is 0 Å². The highest BCUT2D eigenvalue weighted by atomic mass is 19.1. The van der Waals surface area contributed by atoms with Crippen molar-refractivity contribution in [3.05, 3.63) is 25.0 Å². The number of alkyl halides is 2. The Morgan fingerprint density at radius 3 is 2.40 bits per heavy atom. The van der Waals surface area contributed by atoms with Crippen molar-refractivity contribution in [3.8, 4) is 0 Å². The normalized spacial score (nSPS) is 10.7. The van der Waals surface area contributed by atoms with Gasteiger partial charge in [-0.3, -0.25) is 0 Å². The molecule has 10 heavy (non-hydrogen) atoms. The first kappa shape index (κ1) is 9.14. The summed E-state index contributed by atoms with van der Waals surface area (Å²) >= 11 is 0. The van der Waals surface area contributed by atoms with E-state index in [1.165, 1.54) is 18.4 Å². The lowest BCUT2D eigenvalue weighted by Gasteiger charge is -2.06. The predicted octanol–water partition coefficient (Wildman–Crippen LogP) is 2.01. The standard InChI is InChI=1S/C7H10F2O/c1-2-3-4-10-7(5-8)6-9/h2-4,7H,1,5-6H2/b4-3+. The Hall–Kier alpha value is -0.860. The molecule has 0 radical (unpaired) electrons. The Kier molecular flexibility index (Phi) is 5.72. The molecule has 0 N–H and O–H groups in total. The fourth-order valence-electron chi connectivity index (χ4n) is 0.326. The second kappa shape index (κ2) is 6.26. The van der Waals surface area contributed by atoms with Crippen molar-refractivity contribution < 1.29 is 13.5 Å². The summed E-state index contributed by atoms with van der Waals surface area (Å²) < 4.78 is 27.9. The third kappa shape index (κ3) is 4.06. The lowest BCUT2D eigenvalue weighted by molar-refractivity contribution is 0.0904. The van der Waals surface area contributed by atoms with Crippen molar-refractivity contribution in [1.82, 2.24) is 0 Å². The largest absolute Gasteiger partial charge is 0.493 e. The van der Waals surface area contributed by atoms with E-state index in [4.69, 9.17) is 0 Å². The summed E-state index contributed by atoms with van der Waals surface area (Å²) in [6.45, 7) is 1.74. The third-order valence-electron chi connectivity index (χ3n) is 0.830. The van der Waals surface area contributed by atoms with E-state index in [9.17, 15) is 8.78 Å². The summed E-state index contributed by atoms with van der Waals surface area (Å²) in [5.41, 5.74) is 0. The van der Waals surface area contributed by atoms with Gasteiger partial charge in [0.1, 0.15) is 13.3 Å². The summed E-state index contributed by atoms with van der Waals surface area (Å²) in [6.07, 6.45) is 3.19. The first-order valence-electron chi connectivity index (χ1n) is 2.90. The average Bonchev–Trinajstić information content (AvgIpc) is 1.99. The van der Waals surface area contributed by atoms with Crippen LogP contribution in [0.25, 0.3) is 0 Å². The van der Waals surface area contributed by atoms with Crippen LogP contribution in [0.2, 0.25) is 0 Å². The summed E-state index contributed by atoms with van der Waals surface area (Å²) in [6, 6.07) is 0. The van der Waals surface area contributed by atoms with E-state index in [-0.39, 0.29) is 0 Å². The van der Waals surface area contributed by atoms with Gasteiger partial charge in [0.25, 0.3) is 0 Å². The Balaban J connectivity index is 3.43. The van der Waals surface area contributed by atoms with Crippen molar-refractivity contribution in [2.24, 2.45) is 0 Å². The van der Waals surface area contributed by atoms with Crippen LogP contribution in [0.4, 0.5) is 8.78 Å². The molecule has 0 aromatic carbocycles. The molecule has 58 valence electrons. The van der Waals surface area contributed by atoms with Crippen LogP contribution in [0.3, 0.4) is 0 Å². The fourth-order valence-corrected chi connectivity index (χ4v) is 0.326. The van der Waals surface area contributed by atoms with Crippen molar-refractivity contribution >= 4 is 0 Å². The molecule has 0 aliphatic heterocycles. The minimum Gasteiger partial charge on any atom is -0.493 e. The average molecular weight is 148 g/mol. The predicted molar refractivity (Wildman–Crippen MR) is 36.2 cm³/mol. The molecule has 0 heterocycles. The van der Waals surface area contributed by atoms with Crippen molar-refractivity contribution in [3.63, 3.8) is 0 Å². The van der Waals surface area contributed by atoms with Gasteiger partial charge < -0.3 is 4.74 Å². The molecule has 0 unspecified atom stereocenters. The lowest BCUT2D eigenvalue weighted by atomic mass is 10.4. The third-order valence-corrected chi connectivity index (χ3v) is 0.830. The summed E-state index contributed by atoms with van der Waals surface area (Å²) in [5.74, 6) is 0. The quantitative estimate of drug-likeness (QED) is 0.428. The van der Waals surface area contributed by atoms with E-state index in [1.54, 1.807) is 0 Å². The van der Waals surface area contributed by atoms with E-state index in [1.807, 2.05) is 0 Å². The van der Waals surface area contributed by atoms with Gasteiger partial charge in [-0.25, -0.2) is 8.78 Å². The molecule has 0 bridgehead atoms. The van der Waals surface area contributed by atoms with Gasteiger partial charge in [0, 0.05) is 0 Å². The molecule has 0 rings (SSSR count). The molecule has 0 amide bonds. The molecule has 3 heteroatoms. The van der Waals surface area contributed by atoms with Crippen LogP contribution in [-0.4, -0.2) is 19.5 Å². The number of hydrogen-bond donors (Lipinski definition) is 0. The smallest absolute Gasteiger partial charge is 0.154 e. The first-order valence-corrected chi connectivity index (χ1v) is 2.90. The van der Waals surface area contributed by atoms with E-state index < -0.39 is 19.5 Å². The van der Waals surface area contributed by atoms with Crippen LogP contribution < -0.4 is 0 Å². The summed E-state index contributed by atoms with van der Waals surface area (Å²) in [5, 5.41) is 0. The van der Waals surface area contributed by atoms with Crippen molar-refractivity contribution in [1.29, 1.82) is 0 Å². The molecular weight excluding hydrogens is 138 g/mol. The Labute approximate surface area is 59.0 Å². The highest BCUT2D eigenvalue weighted by molar-refractivity contribution is 4.93. The minimum absolute atomic E-state index is 0.808. The molecule has 0 atom stereocenters. The number of ether oxygens (including phenoxy) is 1. The van der Waals surface area contributed by atoms with Crippen LogP contribution >= 0.6 is 0 Å². The molecule has 0 aliphatic rings. The van der Waals surface area contributed by atoms with Gasteiger partial charge >= 0.3 is 0 Å². The van der Waals surface area contributed by atoms with Gasteiger partial charge in [-0.2, -0.15) is 0 Å². The lowest BCUT2D eigenvalue weighted by Crippen LogP contribution is -2.14. The van der Waals surface area contributed by atoms with Gasteiger partial charge in [0.2, 0.25) is 0 Å². The Morgan fingerprint density at radius 2 is 2.00 bits per heavy atom. The van der Waals surface area contributed by atoms with E-state index in [0.717, 1.165) is 0 Å². The number of rotatable bonds is 5. The minimum atomic E-state index is -0.962. The van der Waals surface area contributed by atoms with E-state index in [2.05, 4.69) is 11.3 Å². The highest BCUT2D eigenvalue weighted by Gasteiger charge is 2.04. The van der Waals surface area contributed by atoms with Gasteiger partial charge in [0.15, 0.2) is 6.10 Å². The number of halogens is 2. The fraction of sp³-hybridized carbons (Fsp3) is 0.429. The summed E-state index contributed by atoms with van der Waals surface area (Å²) in [7, 11) is 0. The molecule has 0 aromatic rings. The SMILES string of the molecule is C=C/C=C/OC(CF)CF. The summed E-state index contributed by atoms with van der Waals surface area (Å²) in [4.78, 5) is 0. The topological polar surface area (TPSA) is 9.23 Å². The zero-order valence-electron chi connectivity index (χ0n) is 5.59. The van der Waals surface area contributed by atoms with E-state index in [0.29, 0.717) is 0 Å². The monoisotopic (exact) mass is 148 g/mol. The van der Waals surface area contributed by atoms with Gasteiger partial charge in [-0.05, 0) is 6.08 Å². The van der Waals surface area contributed by atoms with Crippen molar-refractivity contribution in [2.75, 3.05) is 13.3 Å². The first-order chi connectivity index (χ1) is 4.85. The van der Waals surface area contributed by atoms with Crippen LogP contribution in [0.15, 0.2) is 25.0 Å². The van der Waals surface area contributed by atoms with Crippen LogP contribution in [0, 0.1) is 0 Å². The molecule has 0 saturated carbocycles. The highest BCUT2D eigenvalue weighted by Crippen LogP contribution is 1.94. The van der Waals surface area contributed by atoms with Gasteiger partial charge in [-0.1, -0.05) is 12.7 Å². The number of allylic oxidation sites excluding steroid dienone is 2. The zero-order valence-corrected chi connectivity index (χ0v) is 5.59. The second-order valence-electron chi connectivity index (χ2n) is 1.63. The molecule has 0 aliphatic carbocycles. The van der Waals surface area contributed by atoms with Crippen LogP contribution in [0.1, 0.15) is 0 Å². The van der Waals surface area contributed by atoms with Crippen molar-refractivity contribution in [2.45, 2.75) is 6.10 Å². The van der Waals surface area contributed by atoms with Crippen LogP contribution in [-0.2, 0) is 4.74 Å². The maximum Gasteiger partial charge on any atom is 0.154 e.